The summed E-state index contributed by atoms with van der Waals surface area (Å²) >= 11 is 0. The minimum Gasteiger partial charge on any atom is -0.387 e. The van der Waals surface area contributed by atoms with E-state index in [0.717, 1.165) is 49.9 Å². The molecule has 3 N–H and O–H groups in total. The first-order valence-electron chi connectivity index (χ1n) is 13.2. The van der Waals surface area contributed by atoms with Crippen LogP contribution in [0.1, 0.15) is 64.7 Å². The minimum atomic E-state index is -0.634. The minimum absolute atomic E-state index is 0.0930. The van der Waals surface area contributed by atoms with E-state index in [9.17, 15) is 9.90 Å². The number of nitrogens with zero attached hydrogens (tertiary/aromatic N) is 2. The normalized spacial score (nSPS) is 41.1. The standard InChI is InChI=1S/C27H40N4O3/c1-26-10-7-19-18-8-11-27(33,16-34-2)13-17(18)3-4-20(19)21(26)5-6-22(26)25(32)15-30-24-14-29-12-9-23(24)31-28/h9,12,14,17-22,28,30,33H,3-8,10-11,13,15-16H2,1-2H3/t17-,18-,19+,20+,21-,22+,26-,27+/m0/s1. The lowest BCUT2D eigenvalue weighted by molar-refractivity contribution is -0.135. The number of pyridine rings is 1. The lowest BCUT2D eigenvalue weighted by Gasteiger charge is -2.57. The van der Waals surface area contributed by atoms with Gasteiger partial charge in [0.05, 0.1) is 30.6 Å². The van der Waals surface area contributed by atoms with Crippen molar-refractivity contribution in [1.29, 1.82) is 5.53 Å². The lowest BCUT2D eigenvalue weighted by atomic mass is 9.49. The van der Waals surface area contributed by atoms with Crippen LogP contribution in [0, 0.1) is 46.5 Å². The summed E-state index contributed by atoms with van der Waals surface area (Å²) in [6, 6.07) is 1.69. The monoisotopic (exact) mass is 468 g/mol. The van der Waals surface area contributed by atoms with Crippen LogP contribution in [0.2, 0.25) is 0 Å². The summed E-state index contributed by atoms with van der Waals surface area (Å²) in [5.74, 6) is 3.87. The van der Waals surface area contributed by atoms with Crippen molar-refractivity contribution in [3.05, 3.63) is 18.5 Å². The second kappa shape index (κ2) is 9.30. The molecule has 4 saturated carbocycles. The van der Waals surface area contributed by atoms with E-state index >= 15 is 0 Å². The topological polar surface area (TPSA) is 108 Å². The Morgan fingerprint density at radius 3 is 2.82 bits per heavy atom. The summed E-state index contributed by atoms with van der Waals surface area (Å²) in [5, 5.41) is 17.7. The van der Waals surface area contributed by atoms with Crippen LogP contribution >= 0.6 is 0 Å². The van der Waals surface area contributed by atoms with Crippen LogP contribution in [0.4, 0.5) is 11.4 Å². The number of nitrogens with one attached hydrogen (secondary N) is 2. The summed E-state index contributed by atoms with van der Waals surface area (Å²) in [6.07, 6.45) is 13.1. The third kappa shape index (κ3) is 4.09. The van der Waals surface area contributed by atoms with Gasteiger partial charge in [0, 0.05) is 19.2 Å². The van der Waals surface area contributed by atoms with Gasteiger partial charge in [0.2, 0.25) is 0 Å². The summed E-state index contributed by atoms with van der Waals surface area (Å²) in [4.78, 5) is 17.5. The van der Waals surface area contributed by atoms with Crippen LogP contribution in [0.25, 0.3) is 0 Å². The molecule has 0 spiro atoms. The van der Waals surface area contributed by atoms with Gasteiger partial charge in [0.1, 0.15) is 5.69 Å². The Kier molecular flexibility index (Phi) is 6.53. The number of rotatable bonds is 7. The zero-order chi connectivity index (χ0) is 23.9. The zero-order valence-corrected chi connectivity index (χ0v) is 20.6. The smallest absolute Gasteiger partial charge is 0.155 e. The molecule has 1 aromatic rings. The number of carbonyl (C=O) groups excluding carboxylic acids is 1. The molecule has 4 aliphatic carbocycles. The molecule has 0 radical (unpaired) electrons. The molecular formula is C27H40N4O3. The highest BCUT2D eigenvalue weighted by molar-refractivity contribution is 5.87. The van der Waals surface area contributed by atoms with Crippen LogP contribution in [0.15, 0.2) is 23.6 Å². The van der Waals surface area contributed by atoms with Gasteiger partial charge >= 0.3 is 0 Å². The molecule has 4 aliphatic rings. The van der Waals surface area contributed by atoms with E-state index in [0.29, 0.717) is 35.6 Å². The quantitative estimate of drug-likeness (QED) is 0.466. The number of fused-ring (bicyclic) bond motifs is 5. The zero-order valence-electron chi connectivity index (χ0n) is 20.6. The molecule has 1 heterocycles. The predicted molar refractivity (Wildman–Crippen MR) is 130 cm³/mol. The lowest BCUT2D eigenvalue weighted by Crippen LogP contribution is -2.52. The Hall–Kier alpha value is -1.86. The van der Waals surface area contributed by atoms with Gasteiger partial charge in [-0.05, 0) is 98.9 Å². The SMILES string of the molecule is COC[C@@]1(O)CC[C@H]2[C@@H](CC[C@@H]3[C@@H]2CC[C@]2(C)[C@@H](C(=O)CNc4cnccc4N=N)CC[C@@H]32)C1. The van der Waals surface area contributed by atoms with Gasteiger partial charge in [-0.1, -0.05) is 6.92 Å². The molecule has 34 heavy (non-hydrogen) atoms. The number of aromatic nitrogens is 1. The van der Waals surface area contributed by atoms with Crippen LogP contribution in [-0.4, -0.2) is 41.7 Å². The van der Waals surface area contributed by atoms with E-state index in [-0.39, 0.29) is 17.9 Å². The maximum atomic E-state index is 13.4. The summed E-state index contributed by atoms with van der Waals surface area (Å²) < 4.78 is 5.33. The van der Waals surface area contributed by atoms with Crippen molar-refractivity contribution in [2.75, 3.05) is 25.6 Å². The molecule has 7 heteroatoms. The number of anilines is 1. The van der Waals surface area contributed by atoms with Gasteiger partial charge in [-0.3, -0.25) is 9.78 Å². The molecular weight excluding hydrogens is 428 g/mol. The van der Waals surface area contributed by atoms with Crippen molar-refractivity contribution < 1.29 is 14.6 Å². The fraction of sp³-hybridized carbons (Fsp3) is 0.778. The average Bonchev–Trinajstić information content (AvgIpc) is 3.19. The van der Waals surface area contributed by atoms with Gasteiger partial charge in [-0.25, -0.2) is 5.53 Å². The highest BCUT2D eigenvalue weighted by Crippen LogP contribution is 2.64. The third-order valence-electron chi connectivity index (χ3n) is 10.3. The number of hydrogen-bond acceptors (Lipinski definition) is 7. The second-order valence-corrected chi connectivity index (χ2v) is 11.8. The molecule has 8 atom stereocenters. The maximum absolute atomic E-state index is 13.4. The molecule has 7 nitrogen and oxygen atoms in total. The van der Waals surface area contributed by atoms with Crippen molar-refractivity contribution in [2.24, 2.45) is 46.0 Å². The molecule has 5 rings (SSSR count). The number of methoxy groups -OCH3 is 1. The number of Topliss-reactive ketones (excluding diaryl/α,β-unsaturated/α-hetero) is 1. The van der Waals surface area contributed by atoms with Gasteiger partial charge in [0.15, 0.2) is 5.78 Å². The molecule has 186 valence electrons. The largest absolute Gasteiger partial charge is 0.387 e. The molecule has 0 aliphatic heterocycles. The van der Waals surface area contributed by atoms with Crippen LogP contribution in [0.3, 0.4) is 0 Å². The highest BCUT2D eigenvalue weighted by atomic mass is 16.5. The van der Waals surface area contributed by atoms with Crippen LogP contribution in [-0.2, 0) is 9.53 Å². The number of ether oxygens (including phenoxy) is 1. The molecule has 0 aromatic carbocycles. The number of ketones is 1. The number of hydrogen-bond donors (Lipinski definition) is 3. The average molecular weight is 469 g/mol. The van der Waals surface area contributed by atoms with Gasteiger partial charge in [-0.2, -0.15) is 5.11 Å². The summed E-state index contributed by atoms with van der Waals surface area (Å²) in [5.41, 5.74) is 7.96. The van der Waals surface area contributed by atoms with E-state index in [1.807, 2.05) is 0 Å². The second-order valence-electron chi connectivity index (χ2n) is 11.8. The fourth-order valence-corrected chi connectivity index (χ4v) is 8.82. The summed E-state index contributed by atoms with van der Waals surface area (Å²) in [7, 11) is 1.69. The Morgan fingerprint density at radius 1 is 1.21 bits per heavy atom. The highest BCUT2D eigenvalue weighted by Gasteiger charge is 2.58. The van der Waals surface area contributed by atoms with E-state index < -0.39 is 5.60 Å². The van der Waals surface area contributed by atoms with E-state index in [4.69, 9.17) is 10.3 Å². The Morgan fingerprint density at radius 2 is 2.03 bits per heavy atom. The van der Waals surface area contributed by atoms with E-state index in [1.54, 1.807) is 25.6 Å². The fourth-order valence-electron chi connectivity index (χ4n) is 8.82. The third-order valence-corrected chi connectivity index (χ3v) is 10.3. The molecule has 0 bridgehead atoms. The van der Waals surface area contributed by atoms with Crippen molar-refractivity contribution in [3.8, 4) is 0 Å². The van der Waals surface area contributed by atoms with E-state index in [1.165, 1.54) is 25.7 Å². The van der Waals surface area contributed by atoms with Crippen molar-refractivity contribution in [3.63, 3.8) is 0 Å². The van der Waals surface area contributed by atoms with Crippen molar-refractivity contribution >= 4 is 17.2 Å². The van der Waals surface area contributed by atoms with Gasteiger partial charge < -0.3 is 15.2 Å². The first-order valence-corrected chi connectivity index (χ1v) is 13.2. The van der Waals surface area contributed by atoms with Crippen molar-refractivity contribution in [1.82, 2.24) is 4.98 Å². The molecule has 0 unspecified atom stereocenters. The Bertz CT molecular complexity index is 925. The van der Waals surface area contributed by atoms with E-state index in [2.05, 4.69) is 22.3 Å². The van der Waals surface area contributed by atoms with Crippen molar-refractivity contribution in [2.45, 2.75) is 70.3 Å². The first-order chi connectivity index (χ1) is 16.4. The van der Waals surface area contributed by atoms with Crippen LogP contribution in [0.5, 0.6) is 0 Å². The number of aliphatic hydroxyl groups is 1. The Balaban J connectivity index is 1.25. The van der Waals surface area contributed by atoms with Gasteiger partial charge in [-0.15, -0.1) is 0 Å². The maximum Gasteiger partial charge on any atom is 0.155 e. The number of carbonyl (C=O) groups is 1. The molecule has 0 amide bonds. The summed E-state index contributed by atoms with van der Waals surface area (Å²) in [6.45, 7) is 3.12. The Labute approximate surface area is 203 Å². The predicted octanol–water partition coefficient (Wildman–Crippen LogP) is 5.37. The van der Waals surface area contributed by atoms with Gasteiger partial charge in [0.25, 0.3) is 0 Å². The first kappa shape index (κ1) is 23.9. The molecule has 1 aromatic heterocycles. The molecule has 0 saturated heterocycles. The van der Waals surface area contributed by atoms with Crippen LogP contribution < -0.4 is 5.32 Å². The molecule has 4 fully saturated rings.